The van der Waals surface area contributed by atoms with Crippen molar-refractivity contribution in [1.82, 2.24) is 9.88 Å². The minimum atomic E-state index is -0.299. The van der Waals surface area contributed by atoms with Gasteiger partial charge in [0.1, 0.15) is 5.52 Å². The topological polar surface area (TPSA) is 78.6 Å². The maximum atomic E-state index is 12.3. The fourth-order valence-corrected chi connectivity index (χ4v) is 3.17. The van der Waals surface area contributed by atoms with Crippen molar-refractivity contribution >= 4 is 22.8 Å². The van der Waals surface area contributed by atoms with Crippen LogP contribution in [0.25, 0.3) is 11.1 Å². The van der Waals surface area contributed by atoms with Crippen molar-refractivity contribution in [3.8, 4) is 0 Å². The summed E-state index contributed by atoms with van der Waals surface area (Å²) in [6.45, 7) is 2.36. The van der Waals surface area contributed by atoms with Crippen LogP contribution in [0.1, 0.15) is 31.6 Å². The average molecular weight is 317 g/mol. The highest BCUT2D eigenvalue weighted by Crippen LogP contribution is 2.25. The number of nitrogens with zero attached hydrogens (tertiary/aromatic N) is 2. The summed E-state index contributed by atoms with van der Waals surface area (Å²) in [5.41, 5.74) is 2.11. The first-order valence-electron chi connectivity index (χ1n) is 8.10. The van der Waals surface area contributed by atoms with Crippen LogP contribution in [0.2, 0.25) is 0 Å². The van der Waals surface area contributed by atoms with Crippen LogP contribution in [0.3, 0.4) is 0 Å². The minimum absolute atomic E-state index is 0.166. The predicted octanol–water partition coefficient (Wildman–Crippen LogP) is 3.15. The van der Waals surface area contributed by atoms with E-state index in [1.807, 2.05) is 12.1 Å². The fourth-order valence-electron chi connectivity index (χ4n) is 3.17. The van der Waals surface area contributed by atoms with Gasteiger partial charge in [0.2, 0.25) is 0 Å². The molecule has 0 bridgehead atoms. The molecule has 2 aromatic rings. The highest BCUT2D eigenvalue weighted by Gasteiger charge is 2.25. The number of aliphatic hydroxyl groups is 1. The number of oxazole rings is 1. The van der Waals surface area contributed by atoms with Gasteiger partial charge in [0.25, 0.3) is 0 Å². The smallest absolute Gasteiger partial charge is 0.321 e. The molecule has 124 valence electrons. The molecule has 6 nitrogen and oxygen atoms in total. The quantitative estimate of drug-likeness (QED) is 0.911. The number of aryl methyl sites for hydroxylation is 1. The van der Waals surface area contributed by atoms with Crippen molar-refractivity contribution < 1.29 is 14.3 Å². The third-order valence-corrected chi connectivity index (χ3v) is 4.47. The lowest BCUT2D eigenvalue weighted by molar-refractivity contribution is 0.0575. The number of urea groups is 1. The Labute approximate surface area is 135 Å². The Morgan fingerprint density at radius 3 is 3.00 bits per heavy atom. The molecule has 1 saturated carbocycles. The molecule has 0 spiro atoms. The van der Waals surface area contributed by atoms with Gasteiger partial charge in [-0.1, -0.05) is 12.8 Å². The van der Waals surface area contributed by atoms with Crippen LogP contribution in [0.15, 0.2) is 22.6 Å². The van der Waals surface area contributed by atoms with Crippen LogP contribution < -0.4 is 5.32 Å². The molecule has 0 saturated heterocycles. The first kappa shape index (κ1) is 15.8. The Balaban J connectivity index is 1.62. The van der Waals surface area contributed by atoms with Crippen LogP contribution in [-0.4, -0.2) is 40.7 Å². The van der Waals surface area contributed by atoms with E-state index in [1.165, 1.54) is 0 Å². The first-order valence-corrected chi connectivity index (χ1v) is 8.10. The zero-order valence-electron chi connectivity index (χ0n) is 13.6. The molecule has 3 rings (SSSR count). The van der Waals surface area contributed by atoms with Crippen LogP contribution in [-0.2, 0) is 0 Å². The molecule has 6 heteroatoms. The third kappa shape index (κ3) is 3.64. The van der Waals surface area contributed by atoms with Crippen molar-refractivity contribution in [2.45, 2.75) is 38.7 Å². The Hall–Kier alpha value is -2.08. The van der Waals surface area contributed by atoms with Crippen molar-refractivity contribution in [3.05, 3.63) is 24.1 Å². The van der Waals surface area contributed by atoms with E-state index in [-0.39, 0.29) is 18.1 Å². The van der Waals surface area contributed by atoms with Crippen molar-refractivity contribution in [1.29, 1.82) is 0 Å². The molecule has 2 unspecified atom stereocenters. The van der Waals surface area contributed by atoms with Crippen LogP contribution in [0.4, 0.5) is 10.5 Å². The lowest BCUT2D eigenvalue weighted by Gasteiger charge is -2.31. The number of aromatic nitrogens is 1. The Kier molecular flexibility index (Phi) is 4.52. The van der Waals surface area contributed by atoms with E-state index < -0.39 is 0 Å². The molecule has 2 atom stereocenters. The summed E-state index contributed by atoms with van der Waals surface area (Å²) in [6.07, 6.45) is 3.71. The van der Waals surface area contributed by atoms with E-state index in [2.05, 4.69) is 10.3 Å². The second-order valence-corrected chi connectivity index (χ2v) is 6.34. The summed E-state index contributed by atoms with van der Waals surface area (Å²) >= 11 is 0. The summed E-state index contributed by atoms with van der Waals surface area (Å²) in [6, 6.07) is 5.23. The number of carbonyl (C=O) groups is 1. The molecule has 2 amide bonds. The van der Waals surface area contributed by atoms with Crippen molar-refractivity contribution in [2.75, 3.05) is 18.9 Å². The van der Waals surface area contributed by atoms with Crippen molar-refractivity contribution in [2.24, 2.45) is 5.92 Å². The summed E-state index contributed by atoms with van der Waals surface area (Å²) in [4.78, 5) is 18.2. The van der Waals surface area contributed by atoms with Gasteiger partial charge in [-0.05, 0) is 25.0 Å². The highest BCUT2D eigenvalue weighted by molar-refractivity contribution is 5.91. The summed E-state index contributed by atoms with van der Waals surface area (Å²) in [5, 5.41) is 12.9. The van der Waals surface area contributed by atoms with E-state index in [4.69, 9.17) is 4.42 Å². The Morgan fingerprint density at radius 1 is 1.43 bits per heavy atom. The molecular formula is C17H23N3O3. The number of anilines is 1. The van der Waals surface area contributed by atoms with Gasteiger partial charge in [0.05, 0.1) is 6.10 Å². The van der Waals surface area contributed by atoms with E-state index in [0.717, 1.165) is 31.2 Å². The number of hydrogen-bond donors (Lipinski definition) is 2. The van der Waals surface area contributed by atoms with Gasteiger partial charge in [-0.15, -0.1) is 0 Å². The number of hydrogen-bond acceptors (Lipinski definition) is 4. The summed E-state index contributed by atoms with van der Waals surface area (Å²) < 4.78 is 5.48. The number of carbonyl (C=O) groups excluding carboxylic acids is 1. The number of benzene rings is 1. The van der Waals surface area contributed by atoms with E-state index in [9.17, 15) is 9.90 Å². The van der Waals surface area contributed by atoms with Gasteiger partial charge in [-0.3, -0.25) is 0 Å². The molecule has 23 heavy (non-hydrogen) atoms. The normalized spacial score (nSPS) is 21.3. The lowest BCUT2D eigenvalue weighted by Crippen LogP contribution is -2.40. The number of aliphatic hydroxyl groups excluding tert-OH is 1. The summed E-state index contributed by atoms with van der Waals surface area (Å²) in [7, 11) is 1.76. The van der Waals surface area contributed by atoms with Gasteiger partial charge in [0, 0.05) is 38.2 Å². The van der Waals surface area contributed by atoms with Crippen molar-refractivity contribution in [3.63, 3.8) is 0 Å². The zero-order valence-corrected chi connectivity index (χ0v) is 13.6. The van der Waals surface area contributed by atoms with Crippen LogP contribution in [0, 0.1) is 12.8 Å². The SMILES string of the molecule is Cc1nc2ccc(NC(=O)N(C)CC3CCCCC3O)cc2o1. The minimum Gasteiger partial charge on any atom is -0.441 e. The molecule has 0 radical (unpaired) electrons. The first-order chi connectivity index (χ1) is 11.0. The molecular weight excluding hydrogens is 294 g/mol. The fraction of sp³-hybridized carbons (Fsp3) is 0.529. The second-order valence-electron chi connectivity index (χ2n) is 6.34. The zero-order chi connectivity index (χ0) is 16.4. The molecule has 1 aromatic carbocycles. The van der Waals surface area contributed by atoms with Gasteiger partial charge in [-0.2, -0.15) is 0 Å². The molecule has 0 aliphatic heterocycles. The average Bonchev–Trinajstić information content (AvgIpc) is 2.88. The van der Waals surface area contributed by atoms with Crippen LogP contribution >= 0.6 is 0 Å². The monoisotopic (exact) mass is 317 g/mol. The molecule has 2 N–H and O–H groups in total. The number of nitrogens with one attached hydrogen (secondary N) is 1. The molecule has 1 fully saturated rings. The number of rotatable bonds is 3. The molecule has 1 aliphatic rings. The second kappa shape index (κ2) is 6.58. The van der Waals surface area contributed by atoms with Gasteiger partial charge in [-0.25, -0.2) is 9.78 Å². The highest BCUT2D eigenvalue weighted by atomic mass is 16.3. The van der Waals surface area contributed by atoms with Gasteiger partial charge in [0.15, 0.2) is 11.5 Å². The summed E-state index contributed by atoms with van der Waals surface area (Å²) in [5.74, 6) is 0.769. The Bertz CT molecular complexity index is 697. The Morgan fingerprint density at radius 2 is 2.22 bits per heavy atom. The molecule has 1 aromatic heterocycles. The largest absolute Gasteiger partial charge is 0.441 e. The lowest BCUT2D eigenvalue weighted by atomic mass is 9.86. The third-order valence-electron chi connectivity index (χ3n) is 4.47. The van der Waals surface area contributed by atoms with E-state index >= 15 is 0 Å². The maximum absolute atomic E-state index is 12.3. The van der Waals surface area contributed by atoms with E-state index in [1.54, 1.807) is 24.9 Å². The van der Waals surface area contributed by atoms with Gasteiger partial charge >= 0.3 is 6.03 Å². The van der Waals surface area contributed by atoms with Crippen LogP contribution in [0.5, 0.6) is 0 Å². The van der Waals surface area contributed by atoms with E-state index in [0.29, 0.717) is 23.7 Å². The molecule has 1 heterocycles. The predicted molar refractivity (Wildman–Crippen MR) is 88.4 cm³/mol. The van der Waals surface area contributed by atoms with Gasteiger partial charge < -0.3 is 19.7 Å². The molecule has 1 aliphatic carbocycles. The standard InChI is InChI=1S/C17H23N3O3/c1-11-18-14-8-7-13(9-16(14)23-11)19-17(22)20(2)10-12-5-3-4-6-15(12)21/h7-9,12,15,21H,3-6,10H2,1-2H3,(H,19,22). The maximum Gasteiger partial charge on any atom is 0.321 e. The number of amides is 2. The number of fused-ring (bicyclic) bond motifs is 1.